The van der Waals surface area contributed by atoms with Crippen molar-refractivity contribution in [1.29, 1.82) is 0 Å². The van der Waals surface area contributed by atoms with Crippen LogP contribution in [0.4, 0.5) is 13.2 Å². The third-order valence-electron chi connectivity index (χ3n) is 4.32. The van der Waals surface area contributed by atoms with Crippen LogP contribution in [0, 0.1) is 0 Å². The summed E-state index contributed by atoms with van der Waals surface area (Å²) in [7, 11) is -3.72. The lowest BCUT2D eigenvalue weighted by Gasteiger charge is -2.30. The van der Waals surface area contributed by atoms with Gasteiger partial charge in [0.2, 0.25) is 5.82 Å². The van der Waals surface area contributed by atoms with E-state index in [2.05, 4.69) is 19.4 Å². The number of rotatable bonds is 7. The van der Waals surface area contributed by atoms with Gasteiger partial charge in [-0.15, -0.1) is 11.3 Å². The van der Waals surface area contributed by atoms with E-state index in [4.69, 9.17) is 0 Å². The number of aromatic nitrogens is 2. The van der Waals surface area contributed by atoms with Gasteiger partial charge in [-0.1, -0.05) is 48.8 Å². The molecule has 6 nitrogen and oxygen atoms in total. The first-order valence-corrected chi connectivity index (χ1v) is 11.0. The first-order valence-electron chi connectivity index (χ1n) is 8.64. The molecule has 29 heavy (non-hydrogen) atoms. The first-order chi connectivity index (χ1) is 13.5. The summed E-state index contributed by atoms with van der Waals surface area (Å²) in [5, 5.41) is 5.04. The number of nitrogens with zero attached hydrogens (tertiary/aromatic N) is 2. The molecule has 0 radical (unpaired) electrons. The smallest absolute Gasteiger partial charge is 0.329 e. The van der Waals surface area contributed by atoms with Crippen LogP contribution in [0.5, 0.6) is 0 Å². The molecule has 0 aliphatic carbocycles. The molecule has 0 aliphatic rings. The predicted octanol–water partition coefficient (Wildman–Crippen LogP) is 4.81. The zero-order valence-electron chi connectivity index (χ0n) is 15.5. The van der Waals surface area contributed by atoms with Gasteiger partial charge in [-0.05, 0) is 30.4 Å². The molecule has 0 amide bonds. The number of halogens is 3. The van der Waals surface area contributed by atoms with Gasteiger partial charge in [-0.2, -0.15) is 18.2 Å². The summed E-state index contributed by atoms with van der Waals surface area (Å²) >= 11 is 1.12. The van der Waals surface area contributed by atoms with Gasteiger partial charge in [-0.3, -0.25) is 0 Å². The molecular weight excluding hydrogens is 427 g/mol. The van der Waals surface area contributed by atoms with Gasteiger partial charge in [0.25, 0.3) is 10.0 Å². The molecule has 1 N–H and O–H groups in total. The van der Waals surface area contributed by atoms with Crippen LogP contribution in [0.3, 0.4) is 0 Å². The van der Waals surface area contributed by atoms with Gasteiger partial charge in [0.15, 0.2) is 0 Å². The standard InChI is InChI=1S/C18H18F3N3O3S2/c1-3-10-17(2,24-29(25,26)14-5-4-11-28-14)13-8-6-12(7-9-13)15-22-16(27-23-15)18(19,20)21/h4-9,11,24H,3,10H2,1-2H3. The third kappa shape index (κ3) is 4.68. The number of hydrogen-bond donors (Lipinski definition) is 1. The minimum atomic E-state index is -4.72. The summed E-state index contributed by atoms with van der Waals surface area (Å²) in [5.41, 5.74) is 0.0977. The fourth-order valence-electron chi connectivity index (χ4n) is 2.96. The number of benzene rings is 1. The van der Waals surface area contributed by atoms with Crippen LogP contribution in [-0.2, 0) is 21.7 Å². The molecule has 0 saturated heterocycles. The highest BCUT2D eigenvalue weighted by Gasteiger charge is 2.38. The predicted molar refractivity (Wildman–Crippen MR) is 102 cm³/mol. The van der Waals surface area contributed by atoms with Crippen molar-refractivity contribution in [2.24, 2.45) is 0 Å². The van der Waals surface area contributed by atoms with Gasteiger partial charge in [0, 0.05) is 5.56 Å². The normalized spacial score (nSPS) is 14.7. The van der Waals surface area contributed by atoms with Crippen molar-refractivity contribution in [3.63, 3.8) is 0 Å². The summed E-state index contributed by atoms with van der Waals surface area (Å²) in [5.74, 6) is -1.61. The summed E-state index contributed by atoms with van der Waals surface area (Å²) in [6, 6.07) is 9.54. The second-order valence-electron chi connectivity index (χ2n) is 6.62. The van der Waals surface area contributed by atoms with Crippen LogP contribution < -0.4 is 4.72 Å². The van der Waals surface area contributed by atoms with E-state index in [9.17, 15) is 21.6 Å². The number of alkyl halides is 3. The lowest BCUT2D eigenvalue weighted by molar-refractivity contribution is -0.159. The Morgan fingerprint density at radius 2 is 1.86 bits per heavy atom. The molecule has 0 aliphatic heterocycles. The van der Waals surface area contributed by atoms with E-state index in [1.54, 1.807) is 30.5 Å². The molecule has 3 rings (SSSR count). The van der Waals surface area contributed by atoms with E-state index in [1.165, 1.54) is 18.2 Å². The first kappa shape index (κ1) is 21.5. The van der Waals surface area contributed by atoms with Crippen molar-refractivity contribution in [3.05, 3.63) is 53.2 Å². The van der Waals surface area contributed by atoms with Gasteiger partial charge < -0.3 is 4.52 Å². The maximum absolute atomic E-state index is 12.7. The maximum Gasteiger partial charge on any atom is 0.471 e. The van der Waals surface area contributed by atoms with E-state index in [0.29, 0.717) is 24.0 Å². The van der Waals surface area contributed by atoms with Gasteiger partial charge >= 0.3 is 12.1 Å². The van der Waals surface area contributed by atoms with E-state index < -0.39 is 27.6 Å². The van der Waals surface area contributed by atoms with Crippen LogP contribution in [0.25, 0.3) is 11.4 Å². The van der Waals surface area contributed by atoms with Gasteiger partial charge in [0.05, 0.1) is 5.54 Å². The van der Waals surface area contributed by atoms with E-state index in [1.807, 2.05) is 6.92 Å². The van der Waals surface area contributed by atoms with Crippen molar-refractivity contribution < 1.29 is 26.1 Å². The van der Waals surface area contributed by atoms with Crippen molar-refractivity contribution in [3.8, 4) is 11.4 Å². The summed E-state index contributed by atoms with van der Waals surface area (Å²) < 4.78 is 70.5. The van der Waals surface area contributed by atoms with Crippen molar-refractivity contribution in [2.75, 3.05) is 0 Å². The molecule has 0 fully saturated rings. The van der Waals surface area contributed by atoms with Crippen LogP contribution >= 0.6 is 11.3 Å². The van der Waals surface area contributed by atoms with Crippen LogP contribution in [0.15, 0.2) is 50.5 Å². The summed E-state index contributed by atoms with van der Waals surface area (Å²) in [4.78, 5) is 3.36. The molecule has 1 atom stereocenters. The zero-order chi connectivity index (χ0) is 21.3. The Hall–Kier alpha value is -2.24. The average molecular weight is 445 g/mol. The quantitative estimate of drug-likeness (QED) is 0.564. The Morgan fingerprint density at radius 3 is 2.38 bits per heavy atom. The maximum atomic E-state index is 12.7. The van der Waals surface area contributed by atoms with Crippen molar-refractivity contribution in [2.45, 2.75) is 42.6 Å². The van der Waals surface area contributed by atoms with Crippen molar-refractivity contribution >= 4 is 21.4 Å². The molecule has 0 saturated carbocycles. The lowest BCUT2D eigenvalue weighted by Crippen LogP contribution is -2.43. The fraction of sp³-hybridized carbons (Fsp3) is 0.333. The highest BCUT2D eigenvalue weighted by atomic mass is 32.2. The van der Waals surface area contributed by atoms with E-state index >= 15 is 0 Å². The van der Waals surface area contributed by atoms with Crippen LogP contribution in [-0.4, -0.2) is 18.6 Å². The summed E-state index contributed by atoms with van der Waals surface area (Å²) in [6.45, 7) is 3.71. The van der Waals surface area contributed by atoms with Gasteiger partial charge in [-0.25, -0.2) is 13.1 Å². The monoisotopic (exact) mass is 445 g/mol. The zero-order valence-corrected chi connectivity index (χ0v) is 17.2. The highest BCUT2D eigenvalue weighted by Crippen LogP contribution is 2.32. The topological polar surface area (TPSA) is 85.1 Å². The van der Waals surface area contributed by atoms with Crippen LogP contribution in [0.2, 0.25) is 0 Å². The molecule has 156 valence electrons. The Bertz CT molecular complexity index is 1060. The average Bonchev–Trinajstić information content (AvgIpc) is 3.33. The number of thiophene rings is 1. The third-order valence-corrected chi connectivity index (χ3v) is 7.31. The molecule has 11 heteroatoms. The number of sulfonamides is 1. The SMILES string of the molecule is CCCC(C)(NS(=O)(=O)c1cccs1)c1ccc(-c2noc(C(F)(F)F)n2)cc1. The highest BCUT2D eigenvalue weighted by molar-refractivity contribution is 7.91. The molecule has 1 unspecified atom stereocenters. The number of nitrogens with one attached hydrogen (secondary N) is 1. The molecule has 2 heterocycles. The minimum absolute atomic E-state index is 0.194. The van der Waals surface area contributed by atoms with Crippen molar-refractivity contribution in [1.82, 2.24) is 14.9 Å². The summed E-state index contributed by atoms with van der Waals surface area (Å²) in [6.07, 6.45) is -3.48. The molecule has 0 bridgehead atoms. The molecule has 0 spiro atoms. The molecule has 3 aromatic rings. The van der Waals surface area contributed by atoms with Crippen LogP contribution in [0.1, 0.15) is 38.1 Å². The Kier molecular flexibility index (Phi) is 5.84. The van der Waals surface area contributed by atoms with E-state index in [-0.39, 0.29) is 10.0 Å². The Morgan fingerprint density at radius 1 is 1.17 bits per heavy atom. The minimum Gasteiger partial charge on any atom is -0.329 e. The molecule has 1 aromatic carbocycles. The molecular formula is C18H18F3N3O3S2. The molecule has 2 aromatic heterocycles. The Balaban J connectivity index is 1.89. The Labute approximate surface area is 169 Å². The number of hydrogen-bond acceptors (Lipinski definition) is 6. The van der Waals surface area contributed by atoms with E-state index in [0.717, 1.165) is 11.3 Å². The second-order valence-corrected chi connectivity index (χ2v) is 9.47. The second kappa shape index (κ2) is 7.88. The largest absolute Gasteiger partial charge is 0.471 e. The fourth-order valence-corrected chi connectivity index (χ4v) is 5.38. The lowest BCUT2D eigenvalue weighted by atomic mass is 9.88. The van der Waals surface area contributed by atoms with Gasteiger partial charge in [0.1, 0.15) is 4.21 Å².